The minimum absolute atomic E-state index is 0.0433. The predicted octanol–water partition coefficient (Wildman–Crippen LogP) is 1.24. The van der Waals surface area contributed by atoms with Crippen LogP contribution in [0.25, 0.3) is 0 Å². The van der Waals surface area contributed by atoms with Crippen molar-refractivity contribution >= 4 is 0 Å². The van der Waals surface area contributed by atoms with Crippen molar-refractivity contribution in [2.45, 2.75) is 25.6 Å². The van der Waals surface area contributed by atoms with Crippen LogP contribution in [0.3, 0.4) is 0 Å². The summed E-state index contributed by atoms with van der Waals surface area (Å²) in [6, 6.07) is 5.45. The molecule has 1 aromatic heterocycles. The zero-order chi connectivity index (χ0) is 13.0. The molecule has 5 heteroatoms. The summed E-state index contributed by atoms with van der Waals surface area (Å²) < 4.78 is 16.6. The van der Waals surface area contributed by atoms with Gasteiger partial charge in [-0.1, -0.05) is 6.07 Å². The van der Waals surface area contributed by atoms with Gasteiger partial charge in [0.1, 0.15) is 12.7 Å². The molecule has 1 aliphatic heterocycles. The first-order chi connectivity index (χ1) is 8.59. The van der Waals surface area contributed by atoms with Gasteiger partial charge >= 0.3 is 0 Å². The van der Waals surface area contributed by atoms with Gasteiger partial charge in [-0.3, -0.25) is 0 Å². The second-order valence-electron chi connectivity index (χ2n) is 4.96. The van der Waals surface area contributed by atoms with Gasteiger partial charge in [0.25, 0.3) is 0 Å². The lowest BCUT2D eigenvalue weighted by Crippen LogP contribution is -2.52. The average Bonchev–Trinajstić information content (AvgIpc) is 2.35. The fourth-order valence-corrected chi connectivity index (χ4v) is 1.93. The molecule has 0 spiro atoms. The van der Waals surface area contributed by atoms with E-state index in [1.54, 1.807) is 13.2 Å². The summed E-state index contributed by atoms with van der Waals surface area (Å²) in [7, 11) is 1.59. The second-order valence-corrected chi connectivity index (χ2v) is 4.96. The highest BCUT2D eigenvalue weighted by Gasteiger charge is 2.28. The van der Waals surface area contributed by atoms with Gasteiger partial charge in [0.05, 0.1) is 12.7 Å². The van der Waals surface area contributed by atoms with E-state index in [-0.39, 0.29) is 11.7 Å². The fourth-order valence-electron chi connectivity index (χ4n) is 1.93. The molecule has 0 amide bonds. The van der Waals surface area contributed by atoms with Crippen molar-refractivity contribution in [2.75, 3.05) is 26.8 Å². The SMILES string of the molecule is COc1cccc(OCC2CNCC(C)(C)O2)n1. The monoisotopic (exact) mass is 252 g/mol. The van der Waals surface area contributed by atoms with Crippen molar-refractivity contribution in [3.8, 4) is 11.8 Å². The van der Waals surface area contributed by atoms with Crippen molar-refractivity contribution in [3.05, 3.63) is 18.2 Å². The van der Waals surface area contributed by atoms with E-state index >= 15 is 0 Å². The number of nitrogens with one attached hydrogen (secondary N) is 1. The Bertz CT molecular complexity index is 396. The highest BCUT2D eigenvalue weighted by atomic mass is 16.6. The molecule has 2 heterocycles. The number of hydrogen-bond donors (Lipinski definition) is 1. The van der Waals surface area contributed by atoms with Gasteiger partial charge in [-0.15, -0.1) is 0 Å². The lowest BCUT2D eigenvalue weighted by Gasteiger charge is -2.36. The number of methoxy groups -OCH3 is 1. The summed E-state index contributed by atoms with van der Waals surface area (Å²) in [5, 5.41) is 3.33. The normalized spacial score (nSPS) is 22.5. The fraction of sp³-hybridized carbons (Fsp3) is 0.615. The van der Waals surface area contributed by atoms with E-state index in [4.69, 9.17) is 14.2 Å². The molecule has 1 N–H and O–H groups in total. The minimum atomic E-state index is -0.145. The average molecular weight is 252 g/mol. The molecule has 0 saturated carbocycles. The number of nitrogens with zero attached hydrogens (tertiary/aromatic N) is 1. The molecule has 18 heavy (non-hydrogen) atoms. The van der Waals surface area contributed by atoms with Crippen LogP contribution in [0.15, 0.2) is 18.2 Å². The summed E-state index contributed by atoms with van der Waals surface area (Å²) >= 11 is 0. The van der Waals surface area contributed by atoms with Crippen LogP contribution in [-0.4, -0.2) is 43.5 Å². The Kier molecular flexibility index (Phi) is 4.04. The van der Waals surface area contributed by atoms with Crippen LogP contribution < -0.4 is 14.8 Å². The minimum Gasteiger partial charge on any atom is -0.481 e. The van der Waals surface area contributed by atoms with E-state index in [0.717, 1.165) is 13.1 Å². The summed E-state index contributed by atoms with van der Waals surface area (Å²) in [6.45, 7) is 6.27. The van der Waals surface area contributed by atoms with Crippen molar-refractivity contribution in [1.29, 1.82) is 0 Å². The third-order valence-electron chi connectivity index (χ3n) is 2.73. The molecule has 2 rings (SSSR count). The largest absolute Gasteiger partial charge is 0.481 e. The Morgan fingerprint density at radius 3 is 2.94 bits per heavy atom. The van der Waals surface area contributed by atoms with Gasteiger partial charge in [0.15, 0.2) is 0 Å². The Hall–Kier alpha value is -1.33. The third-order valence-corrected chi connectivity index (χ3v) is 2.73. The number of hydrogen-bond acceptors (Lipinski definition) is 5. The van der Waals surface area contributed by atoms with E-state index in [9.17, 15) is 0 Å². The van der Waals surface area contributed by atoms with E-state index in [1.807, 2.05) is 12.1 Å². The number of morpholine rings is 1. The molecule has 100 valence electrons. The first-order valence-electron chi connectivity index (χ1n) is 6.11. The molecule has 1 aliphatic rings. The smallest absolute Gasteiger partial charge is 0.216 e. The first kappa shape index (κ1) is 13.1. The van der Waals surface area contributed by atoms with Crippen LogP contribution in [0, 0.1) is 0 Å². The molecule has 0 aliphatic carbocycles. The molecule has 0 radical (unpaired) electrons. The van der Waals surface area contributed by atoms with Gasteiger partial charge in [0, 0.05) is 25.2 Å². The van der Waals surface area contributed by atoms with E-state index in [2.05, 4.69) is 24.1 Å². The number of pyridine rings is 1. The van der Waals surface area contributed by atoms with Gasteiger partial charge in [-0.2, -0.15) is 4.98 Å². The molecule has 0 aromatic carbocycles. The maximum atomic E-state index is 5.91. The Morgan fingerprint density at radius 2 is 2.22 bits per heavy atom. The van der Waals surface area contributed by atoms with Crippen LogP contribution in [0.2, 0.25) is 0 Å². The lowest BCUT2D eigenvalue weighted by molar-refractivity contribution is -0.107. The summed E-state index contributed by atoms with van der Waals surface area (Å²) in [6.07, 6.45) is 0.0433. The Balaban J connectivity index is 1.87. The molecule has 0 bridgehead atoms. The zero-order valence-corrected chi connectivity index (χ0v) is 11.1. The van der Waals surface area contributed by atoms with Crippen LogP contribution in [0.5, 0.6) is 11.8 Å². The van der Waals surface area contributed by atoms with Gasteiger partial charge in [-0.05, 0) is 13.8 Å². The molecule has 1 unspecified atom stereocenters. The molecule has 5 nitrogen and oxygen atoms in total. The van der Waals surface area contributed by atoms with Gasteiger partial charge in [0.2, 0.25) is 11.8 Å². The number of ether oxygens (including phenoxy) is 3. The Labute approximate surface area is 107 Å². The van der Waals surface area contributed by atoms with Crippen molar-refractivity contribution in [3.63, 3.8) is 0 Å². The van der Waals surface area contributed by atoms with Crippen LogP contribution in [0.1, 0.15) is 13.8 Å². The van der Waals surface area contributed by atoms with Crippen LogP contribution in [0.4, 0.5) is 0 Å². The van der Waals surface area contributed by atoms with Crippen LogP contribution >= 0.6 is 0 Å². The molecule has 1 aromatic rings. The van der Waals surface area contributed by atoms with E-state index < -0.39 is 0 Å². The van der Waals surface area contributed by atoms with Crippen molar-refractivity contribution in [2.24, 2.45) is 0 Å². The molecule has 1 atom stereocenters. The molecule has 1 saturated heterocycles. The highest BCUT2D eigenvalue weighted by Crippen LogP contribution is 2.17. The highest BCUT2D eigenvalue weighted by molar-refractivity contribution is 5.19. The van der Waals surface area contributed by atoms with Crippen molar-refractivity contribution in [1.82, 2.24) is 10.3 Å². The maximum absolute atomic E-state index is 5.91. The lowest BCUT2D eigenvalue weighted by atomic mass is 10.1. The number of rotatable bonds is 4. The zero-order valence-electron chi connectivity index (χ0n) is 11.1. The second kappa shape index (κ2) is 5.54. The molecular formula is C13H20N2O3. The van der Waals surface area contributed by atoms with E-state index in [0.29, 0.717) is 18.4 Å². The Morgan fingerprint density at radius 1 is 1.44 bits per heavy atom. The van der Waals surface area contributed by atoms with Crippen molar-refractivity contribution < 1.29 is 14.2 Å². The standard InChI is InChI=1S/C13H20N2O3/c1-13(2)9-14-7-10(18-13)8-17-12-6-4-5-11(15-12)16-3/h4-6,10,14H,7-9H2,1-3H3. The third kappa shape index (κ3) is 3.58. The topological polar surface area (TPSA) is 52.6 Å². The van der Waals surface area contributed by atoms with Gasteiger partial charge in [-0.25, -0.2) is 0 Å². The molecule has 1 fully saturated rings. The predicted molar refractivity (Wildman–Crippen MR) is 68.1 cm³/mol. The molecular weight excluding hydrogens is 232 g/mol. The summed E-state index contributed by atoms with van der Waals surface area (Å²) in [4.78, 5) is 4.19. The van der Waals surface area contributed by atoms with Crippen LogP contribution in [-0.2, 0) is 4.74 Å². The number of aromatic nitrogens is 1. The van der Waals surface area contributed by atoms with Gasteiger partial charge < -0.3 is 19.5 Å². The first-order valence-corrected chi connectivity index (χ1v) is 6.11. The summed E-state index contributed by atoms with van der Waals surface area (Å²) in [5.41, 5.74) is -0.145. The summed E-state index contributed by atoms with van der Waals surface area (Å²) in [5.74, 6) is 1.11. The maximum Gasteiger partial charge on any atom is 0.216 e. The van der Waals surface area contributed by atoms with E-state index in [1.165, 1.54) is 0 Å². The quantitative estimate of drug-likeness (QED) is 0.873.